The Morgan fingerprint density at radius 1 is 1.47 bits per heavy atom. The summed E-state index contributed by atoms with van der Waals surface area (Å²) < 4.78 is 35.6. The van der Waals surface area contributed by atoms with E-state index in [1.54, 1.807) is 5.38 Å². The highest BCUT2D eigenvalue weighted by Crippen LogP contribution is 2.20. The molecule has 1 aromatic heterocycles. The highest BCUT2D eigenvalue weighted by Gasteiger charge is 2.26. The molecule has 19 heavy (non-hydrogen) atoms. The van der Waals surface area contributed by atoms with Gasteiger partial charge in [0.2, 0.25) is 0 Å². The third-order valence-corrected chi connectivity index (χ3v) is 2.97. The summed E-state index contributed by atoms with van der Waals surface area (Å²) in [6.07, 6.45) is -4.62. The van der Waals surface area contributed by atoms with Gasteiger partial charge in [-0.3, -0.25) is 4.79 Å². The van der Waals surface area contributed by atoms with Crippen LogP contribution in [-0.4, -0.2) is 30.2 Å². The first-order chi connectivity index (χ1) is 8.42. The summed E-state index contributed by atoms with van der Waals surface area (Å²) in [5.41, 5.74) is 5.58. The Hall–Kier alpha value is -0.860. The molecule has 0 aliphatic heterocycles. The van der Waals surface area contributed by atoms with E-state index in [0.29, 0.717) is 13.0 Å². The Kier molecular flexibility index (Phi) is 7.96. The summed E-state index contributed by atoms with van der Waals surface area (Å²) in [6.45, 7) is 0.433. The molecule has 0 unspecified atom stereocenters. The molecule has 0 saturated heterocycles. The van der Waals surface area contributed by atoms with Crippen molar-refractivity contribution in [2.75, 3.05) is 13.1 Å². The van der Waals surface area contributed by atoms with Crippen LogP contribution in [0.3, 0.4) is 0 Å². The van der Waals surface area contributed by atoms with E-state index < -0.39 is 18.5 Å². The van der Waals surface area contributed by atoms with Crippen LogP contribution in [0.25, 0.3) is 0 Å². The smallest absolute Gasteiger partial charge is 0.351 e. The summed E-state index contributed by atoms with van der Waals surface area (Å²) in [5, 5.41) is 4.72. The van der Waals surface area contributed by atoms with Crippen molar-refractivity contribution >= 4 is 29.7 Å². The van der Waals surface area contributed by atoms with Crippen LogP contribution in [0.4, 0.5) is 13.2 Å². The Balaban J connectivity index is 0.00000324. The van der Waals surface area contributed by atoms with Gasteiger partial charge in [-0.05, 0) is 13.0 Å². The number of thiazole rings is 1. The first-order valence-corrected chi connectivity index (χ1v) is 6.30. The summed E-state index contributed by atoms with van der Waals surface area (Å²) in [7, 11) is 0. The number of aromatic nitrogens is 1. The first-order valence-electron chi connectivity index (χ1n) is 5.42. The maximum Gasteiger partial charge on any atom is 0.389 e. The molecule has 3 N–H and O–H groups in total. The molecule has 4 nitrogen and oxygen atoms in total. The lowest BCUT2D eigenvalue weighted by Crippen LogP contribution is -2.25. The van der Waals surface area contributed by atoms with Crippen LogP contribution in [0.2, 0.25) is 0 Å². The van der Waals surface area contributed by atoms with Crippen molar-refractivity contribution in [1.82, 2.24) is 10.3 Å². The second kappa shape index (κ2) is 8.34. The highest BCUT2D eigenvalue weighted by molar-refractivity contribution is 7.09. The third kappa shape index (κ3) is 7.34. The van der Waals surface area contributed by atoms with Gasteiger partial charge in [-0.15, -0.1) is 23.7 Å². The van der Waals surface area contributed by atoms with Crippen molar-refractivity contribution in [3.05, 3.63) is 16.1 Å². The van der Waals surface area contributed by atoms with Gasteiger partial charge >= 0.3 is 6.18 Å². The number of rotatable bonds is 6. The van der Waals surface area contributed by atoms with E-state index in [-0.39, 0.29) is 31.1 Å². The van der Waals surface area contributed by atoms with Crippen LogP contribution in [0.15, 0.2) is 5.38 Å². The molecule has 1 rings (SSSR count). The topological polar surface area (TPSA) is 68.0 Å². The largest absolute Gasteiger partial charge is 0.389 e. The summed E-state index contributed by atoms with van der Waals surface area (Å²) in [5.74, 6) is -0.448. The van der Waals surface area contributed by atoms with Crippen molar-refractivity contribution < 1.29 is 18.0 Å². The lowest BCUT2D eigenvalue weighted by atomic mass is 10.3. The van der Waals surface area contributed by atoms with Gasteiger partial charge in [0.25, 0.3) is 5.91 Å². The number of hydrogen-bond acceptors (Lipinski definition) is 4. The van der Waals surface area contributed by atoms with Gasteiger partial charge in [0, 0.05) is 24.8 Å². The van der Waals surface area contributed by atoms with Gasteiger partial charge in [0.05, 0.1) is 5.01 Å². The molecule has 0 fully saturated rings. The third-order valence-electron chi connectivity index (χ3n) is 2.07. The second-order valence-electron chi connectivity index (χ2n) is 3.64. The molecule has 0 aromatic carbocycles. The number of carbonyl (C=O) groups is 1. The standard InChI is InChI=1S/C10H14F3N3OS.ClH/c11-10(12,13)3-1-5-15-9(17)7-6-18-8(16-7)2-4-14;/h6H,1-5,14H2,(H,15,17);1H. The van der Waals surface area contributed by atoms with Crippen molar-refractivity contribution in [1.29, 1.82) is 0 Å². The fourth-order valence-electron chi connectivity index (χ4n) is 1.23. The van der Waals surface area contributed by atoms with Crippen LogP contribution in [-0.2, 0) is 6.42 Å². The molecule has 0 saturated carbocycles. The maximum atomic E-state index is 11.9. The number of hydrogen-bond donors (Lipinski definition) is 2. The molecule has 1 heterocycles. The number of nitrogens with zero attached hydrogens (tertiary/aromatic N) is 1. The van der Waals surface area contributed by atoms with E-state index >= 15 is 0 Å². The SMILES string of the molecule is Cl.NCCc1nc(C(=O)NCCCC(F)(F)F)cs1. The normalized spacial score (nSPS) is 10.9. The molecule has 1 aromatic rings. The molecular weight excluding hydrogens is 303 g/mol. The average Bonchev–Trinajstić information content (AvgIpc) is 2.72. The van der Waals surface area contributed by atoms with E-state index in [9.17, 15) is 18.0 Å². The Morgan fingerprint density at radius 3 is 2.74 bits per heavy atom. The molecule has 0 aliphatic carbocycles. The fourth-order valence-corrected chi connectivity index (χ4v) is 2.03. The zero-order chi connectivity index (χ0) is 13.6. The van der Waals surface area contributed by atoms with Crippen molar-refractivity contribution in [2.24, 2.45) is 5.73 Å². The van der Waals surface area contributed by atoms with Gasteiger partial charge in [0.15, 0.2) is 0 Å². The van der Waals surface area contributed by atoms with Gasteiger partial charge in [-0.25, -0.2) is 4.98 Å². The molecule has 0 aliphatic rings. The minimum atomic E-state index is -4.18. The van der Waals surface area contributed by atoms with Crippen LogP contribution >= 0.6 is 23.7 Å². The van der Waals surface area contributed by atoms with Gasteiger partial charge in [-0.2, -0.15) is 13.2 Å². The molecule has 0 spiro atoms. The number of alkyl halides is 3. The Bertz CT molecular complexity index is 398. The van der Waals surface area contributed by atoms with Gasteiger partial charge in [0.1, 0.15) is 5.69 Å². The zero-order valence-electron chi connectivity index (χ0n) is 10.00. The average molecular weight is 318 g/mol. The zero-order valence-corrected chi connectivity index (χ0v) is 11.6. The first kappa shape index (κ1) is 18.1. The molecule has 0 bridgehead atoms. The summed E-state index contributed by atoms with van der Waals surface area (Å²) in [6, 6.07) is 0. The van der Waals surface area contributed by atoms with Crippen LogP contribution in [0.5, 0.6) is 0 Å². The predicted molar refractivity (Wildman–Crippen MR) is 69.7 cm³/mol. The van der Waals surface area contributed by atoms with E-state index in [2.05, 4.69) is 10.3 Å². The van der Waals surface area contributed by atoms with E-state index in [0.717, 1.165) is 5.01 Å². The van der Waals surface area contributed by atoms with Gasteiger partial charge < -0.3 is 11.1 Å². The molecule has 0 radical (unpaired) electrons. The number of nitrogens with two attached hydrogens (primary N) is 1. The molecule has 0 atom stereocenters. The number of halogens is 4. The van der Waals surface area contributed by atoms with E-state index in [1.807, 2.05) is 0 Å². The minimum Gasteiger partial charge on any atom is -0.351 e. The highest BCUT2D eigenvalue weighted by atomic mass is 35.5. The van der Waals surface area contributed by atoms with Crippen LogP contribution < -0.4 is 11.1 Å². The summed E-state index contributed by atoms with van der Waals surface area (Å²) >= 11 is 1.31. The van der Waals surface area contributed by atoms with Crippen LogP contribution in [0, 0.1) is 0 Å². The quantitative estimate of drug-likeness (QED) is 0.790. The van der Waals surface area contributed by atoms with Crippen LogP contribution in [0.1, 0.15) is 28.3 Å². The molecule has 1 amide bonds. The number of amides is 1. The van der Waals surface area contributed by atoms with Crippen molar-refractivity contribution in [3.63, 3.8) is 0 Å². The Morgan fingerprint density at radius 2 is 2.16 bits per heavy atom. The van der Waals surface area contributed by atoms with E-state index in [4.69, 9.17) is 5.73 Å². The lowest BCUT2D eigenvalue weighted by molar-refractivity contribution is -0.135. The minimum absolute atomic E-state index is 0. The monoisotopic (exact) mass is 317 g/mol. The molecule has 9 heteroatoms. The van der Waals surface area contributed by atoms with E-state index in [1.165, 1.54) is 11.3 Å². The lowest BCUT2D eigenvalue weighted by Gasteiger charge is -2.06. The van der Waals surface area contributed by atoms with Crippen molar-refractivity contribution in [2.45, 2.75) is 25.4 Å². The number of carbonyl (C=O) groups excluding carboxylic acids is 1. The van der Waals surface area contributed by atoms with Crippen molar-refractivity contribution in [3.8, 4) is 0 Å². The molecular formula is C10H15ClF3N3OS. The fraction of sp³-hybridized carbons (Fsp3) is 0.600. The Labute approximate surface area is 119 Å². The maximum absolute atomic E-state index is 11.9. The molecule has 110 valence electrons. The predicted octanol–water partition coefficient (Wildman–Crippen LogP) is 2.14. The number of nitrogens with one attached hydrogen (secondary N) is 1. The van der Waals surface area contributed by atoms with Gasteiger partial charge in [-0.1, -0.05) is 0 Å². The summed E-state index contributed by atoms with van der Waals surface area (Å²) in [4.78, 5) is 15.5. The second-order valence-corrected chi connectivity index (χ2v) is 4.58.